The van der Waals surface area contributed by atoms with Crippen molar-refractivity contribution in [3.05, 3.63) is 92.4 Å². The monoisotopic (exact) mass is 643 g/mol. The van der Waals surface area contributed by atoms with E-state index < -0.39 is 28.5 Å². The van der Waals surface area contributed by atoms with Crippen molar-refractivity contribution in [1.82, 2.24) is 10.2 Å². The van der Waals surface area contributed by atoms with Crippen LogP contribution >= 0.6 is 46.4 Å². The maximum atomic E-state index is 14.0. The minimum atomic E-state index is -4.27. The van der Waals surface area contributed by atoms with Gasteiger partial charge in [-0.2, -0.15) is 0 Å². The van der Waals surface area contributed by atoms with Gasteiger partial charge in [0.2, 0.25) is 11.8 Å². The van der Waals surface area contributed by atoms with Crippen molar-refractivity contribution in [2.75, 3.05) is 17.4 Å². The number of rotatable bonds is 12. The van der Waals surface area contributed by atoms with E-state index >= 15 is 0 Å². The summed E-state index contributed by atoms with van der Waals surface area (Å²) in [5, 5.41) is 3.63. The van der Waals surface area contributed by atoms with Crippen molar-refractivity contribution in [2.45, 2.75) is 44.2 Å². The molecule has 12 heteroatoms. The number of amides is 2. The SMILES string of the molecule is CCCCNC(=O)[C@@H](C)N(Cc1ccc(Cl)cc1Cl)C(=O)CN(c1cccc(Cl)c1Cl)S(=O)(=O)c1ccccc1. The molecule has 0 heterocycles. The van der Waals surface area contributed by atoms with Gasteiger partial charge in [-0.3, -0.25) is 13.9 Å². The third-order valence-corrected chi connectivity index (χ3v) is 9.33. The predicted octanol–water partition coefficient (Wildman–Crippen LogP) is 6.83. The molecule has 40 heavy (non-hydrogen) atoms. The summed E-state index contributed by atoms with van der Waals surface area (Å²) in [5.41, 5.74) is 0.557. The van der Waals surface area contributed by atoms with Crippen molar-refractivity contribution in [2.24, 2.45) is 0 Å². The minimum Gasteiger partial charge on any atom is -0.354 e. The third-order valence-electron chi connectivity index (χ3n) is 6.16. The Morgan fingerprint density at radius 3 is 2.27 bits per heavy atom. The number of hydrogen-bond acceptors (Lipinski definition) is 4. The molecule has 0 spiro atoms. The average Bonchev–Trinajstić information content (AvgIpc) is 2.93. The van der Waals surface area contributed by atoms with Crippen LogP contribution in [0.5, 0.6) is 0 Å². The zero-order valence-corrected chi connectivity index (χ0v) is 25.8. The second-order valence-corrected chi connectivity index (χ2v) is 12.5. The molecule has 214 valence electrons. The topological polar surface area (TPSA) is 86.8 Å². The lowest BCUT2D eigenvalue weighted by Crippen LogP contribution is -2.51. The van der Waals surface area contributed by atoms with Crippen LogP contribution in [0, 0.1) is 0 Å². The van der Waals surface area contributed by atoms with Crippen molar-refractivity contribution >= 4 is 73.9 Å². The number of anilines is 1. The number of hydrogen-bond donors (Lipinski definition) is 1. The Hall–Kier alpha value is -2.49. The molecule has 0 aromatic heterocycles. The Bertz CT molecular complexity index is 1460. The lowest BCUT2D eigenvalue weighted by Gasteiger charge is -2.32. The molecule has 2 amide bonds. The summed E-state index contributed by atoms with van der Waals surface area (Å²) in [6, 6.07) is 16.0. The number of halogens is 4. The number of carbonyl (C=O) groups is 2. The van der Waals surface area contributed by atoms with Crippen LogP contribution in [-0.2, 0) is 26.2 Å². The van der Waals surface area contributed by atoms with E-state index in [1.165, 1.54) is 41.3 Å². The largest absolute Gasteiger partial charge is 0.354 e. The molecule has 0 radical (unpaired) electrons. The smallest absolute Gasteiger partial charge is 0.264 e. The fourth-order valence-electron chi connectivity index (χ4n) is 3.87. The number of sulfonamides is 1. The highest BCUT2D eigenvalue weighted by atomic mass is 35.5. The van der Waals surface area contributed by atoms with E-state index in [2.05, 4.69) is 5.32 Å². The van der Waals surface area contributed by atoms with Gasteiger partial charge in [0.05, 0.1) is 20.6 Å². The fraction of sp³-hybridized carbons (Fsp3) is 0.286. The molecule has 3 aromatic carbocycles. The molecule has 3 aromatic rings. The highest BCUT2D eigenvalue weighted by Crippen LogP contribution is 2.35. The van der Waals surface area contributed by atoms with Crippen LogP contribution < -0.4 is 9.62 Å². The van der Waals surface area contributed by atoms with Crippen molar-refractivity contribution in [3.63, 3.8) is 0 Å². The second-order valence-electron chi connectivity index (χ2n) is 8.98. The van der Waals surface area contributed by atoms with E-state index in [9.17, 15) is 18.0 Å². The molecule has 1 atom stereocenters. The first kappa shape index (κ1) is 32.0. The van der Waals surface area contributed by atoms with Crippen LogP contribution in [0.25, 0.3) is 0 Å². The van der Waals surface area contributed by atoms with Crippen LogP contribution in [0.15, 0.2) is 71.6 Å². The van der Waals surface area contributed by atoms with E-state index in [0.29, 0.717) is 22.2 Å². The van der Waals surface area contributed by atoms with Crippen LogP contribution in [-0.4, -0.2) is 44.3 Å². The van der Waals surface area contributed by atoms with Crippen molar-refractivity contribution in [1.29, 1.82) is 0 Å². The van der Waals surface area contributed by atoms with E-state index in [4.69, 9.17) is 46.4 Å². The summed E-state index contributed by atoms with van der Waals surface area (Å²) in [6.45, 7) is 3.28. The highest BCUT2D eigenvalue weighted by Gasteiger charge is 2.33. The van der Waals surface area contributed by atoms with Crippen molar-refractivity contribution in [3.8, 4) is 0 Å². The van der Waals surface area contributed by atoms with Gasteiger partial charge in [-0.25, -0.2) is 8.42 Å². The lowest BCUT2D eigenvalue weighted by molar-refractivity contribution is -0.139. The summed E-state index contributed by atoms with van der Waals surface area (Å²) in [6.07, 6.45) is 1.65. The predicted molar refractivity (Wildman–Crippen MR) is 162 cm³/mol. The Balaban J connectivity index is 2.05. The average molecular weight is 645 g/mol. The second kappa shape index (κ2) is 14.4. The molecule has 0 fully saturated rings. The van der Waals surface area contributed by atoms with E-state index in [0.717, 1.165) is 17.1 Å². The summed E-state index contributed by atoms with van der Waals surface area (Å²) in [5.74, 6) is -1.04. The molecule has 0 bridgehead atoms. The molecule has 7 nitrogen and oxygen atoms in total. The third kappa shape index (κ3) is 7.83. The van der Waals surface area contributed by atoms with Gasteiger partial charge in [0.25, 0.3) is 10.0 Å². The maximum absolute atomic E-state index is 14.0. The fourth-order valence-corrected chi connectivity index (χ4v) is 6.23. The molecule has 0 unspecified atom stereocenters. The van der Waals surface area contributed by atoms with Crippen molar-refractivity contribution < 1.29 is 18.0 Å². The van der Waals surface area contributed by atoms with Crippen LogP contribution in [0.2, 0.25) is 20.1 Å². The lowest BCUT2D eigenvalue weighted by atomic mass is 10.1. The van der Waals surface area contributed by atoms with E-state index in [1.54, 1.807) is 37.3 Å². The van der Waals surface area contributed by atoms with E-state index in [-0.39, 0.29) is 33.1 Å². The zero-order valence-electron chi connectivity index (χ0n) is 21.9. The summed E-state index contributed by atoms with van der Waals surface area (Å²) < 4.78 is 28.5. The normalized spacial score (nSPS) is 12.1. The summed E-state index contributed by atoms with van der Waals surface area (Å²) in [7, 11) is -4.27. The van der Waals surface area contributed by atoms with Gasteiger partial charge in [0.1, 0.15) is 12.6 Å². The number of carbonyl (C=O) groups excluding carboxylic acids is 2. The molecule has 0 aliphatic carbocycles. The number of nitrogens with zero attached hydrogens (tertiary/aromatic N) is 2. The number of unbranched alkanes of at least 4 members (excludes halogenated alkanes) is 1. The van der Waals surface area contributed by atoms with Gasteiger partial charge in [-0.1, -0.05) is 90.1 Å². The standard InChI is InChI=1S/C28H29Cl4N3O4S/c1-3-4-15-33-28(37)19(2)34(17-20-13-14-21(29)16-24(20)31)26(36)18-35(25-12-8-11-23(30)27(25)32)40(38,39)22-9-6-5-7-10-22/h5-14,16,19H,3-4,15,17-18H2,1-2H3,(H,33,37)/t19-/m1/s1. The van der Waals surface area contributed by atoms with Gasteiger partial charge in [0, 0.05) is 23.1 Å². The van der Waals surface area contributed by atoms with Gasteiger partial charge >= 0.3 is 0 Å². The highest BCUT2D eigenvalue weighted by molar-refractivity contribution is 7.92. The summed E-state index contributed by atoms with van der Waals surface area (Å²) >= 11 is 25.1. The Kier molecular flexibility index (Phi) is 11.5. The number of benzene rings is 3. The molecular weight excluding hydrogens is 616 g/mol. The van der Waals surface area contributed by atoms with Gasteiger partial charge < -0.3 is 10.2 Å². The molecule has 3 rings (SSSR count). The number of nitrogens with one attached hydrogen (secondary N) is 1. The van der Waals surface area contributed by atoms with E-state index in [1.807, 2.05) is 6.92 Å². The van der Waals surface area contributed by atoms with Gasteiger partial charge in [-0.15, -0.1) is 0 Å². The minimum absolute atomic E-state index is 0.0240. The van der Waals surface area contributed by atoms with Crippen LogP contribution in [0.4, 0.5) is 5.69 Å². The zero-order chi connectivity index (χ0) is 29.4. The van der Waals surface area contributed by atoms with Crippen LogP contribution in [0.3, 0.4) is 0 Å². The molecule has 1 N–H and O–H groups in total. The molecular formula is C28H29Cl4N3O4S. The van der Waals surface area contributed by atoms with Gasteiger partial charge in [-0.05, 0) is 55.3 Å². The molecule has 0 aliphatic heterocycles. The first-order valence-corrected chi connectivity index (χ1v) is 15.5. The quantitative estimate of drug-likeness (QED) is 0.219. The van der Waals surface area contributed by atoms with Crippen LogP contribution in [0.1, 0.15) is 32.3 Å². The Labute approximate surface area is 255 Å². The summed E-state index contributed by atoms with van der Waals surface area (Å²) in [4.78, 5) is 28.2. The molecule has 0 aliphatic rings. The maximum Gasteiger partial charge on any atom is 0.264 e. The van der Waals surface area contributed by atoms with Gasteiger partial charge in [0.15, 0.2) is 0 Å². The Morgan fingerprint density at radius 2 is 1.62 bits per heavy atom. The first-order chi connectivity index (χ1) is 19.0. The Morgan fingerprint density at radius 1 is 0.925 bits per heavy atom. The molecule has 0 saturated carbocycles. The molecule has 0 saturated heterocycles. The first-order valence-electron chi connectivity index (χ1n) is 12.5.